The van der Waals surface area contributed by atoms with Gasteiger partial charge in [-0.2, -0.15) is 0 Å². The summed E-state index contributed by atoms with van der Waals surface area (Å²) in [5.74, 6) is 0.796. The molecule has 3 aromatic rings. The second-order valence-corrected chi connectivity index (χ2v) is 11.2. The van der Waals surface area contributed by atoms with E-state index >= 15 is 0 Å². The zero-order chi connectivity index (χ0) is 28.7. The first kappa shape index (κ1) is 29.1. The van der Waals surface area contributed by atoms with Crippen LogP contribution in [0.2, 0.25) is 0 Å². The lowest BCUT2D eigenvalue weighted by Crippen LogP contribution is -2.51. The van der Waals surface area contributed by atoms with Crippen molar-refractivity contribution >= 4 is 12.2 Å². The lowest BCUT2D eigenvalue weighted by atomic mass is 9.84. The predicted molar refractivity (Wildman–Crippen MR) is 154 cm³/mol. The van der Waals surface area contributed by atoms with Crippen molar-refractivity contribution in [2.24, 2.45) is 11.1 Å². The summed E-state index contributed by atoms with van der Waals surface area (Å²) in [7, 11) is 1.27. The molecule has 2 atom stereocenters. The zero-order valence-electron chi connectivity index (χ0n) is 24.0. The summed E-state index contributed by atoms with van der Waals surface area (Å²) in [6, 6.07) is 19.7. The van der Waals surface area contributed by atoms with Gasteiger partial charge in [0.05, 0.1) is 18.8 Å². The third kappa shape index (κ3) is 6.83. The van der Waals surface area contributed by atoms with Gasteiger partial charge in [0.2, 0.25) is 0 Å². The molecule has 0 saturated carbocycles. The van der Waals surface area contributed by atoms with Crippen molar-refractivity contribution in [3.63, 3.8) is 0 Å². The van der Waals surface area contributed by atoms with E-state index in [1.54, 1.807) is 4.90 Å². The van der Waals surface area contributed by atoms with E-state index in [9.17, 15) is 9.59 Å². The molecule has 9 heteroatoms. The molecule has 214 valence electrons. The standard InChI is InChI=1S/C31H41N5O4/c1-31(2,3)27(36(20-12-18-32)29(37)35-19-11-17-26(35)40-30(38)39-4)28-33-25(24-15-9-6-10-16-24)22-34(28)21-23-13-7-5-8-14-23/h5-10,13-16,22,26-27H,11-12,17-21,32H2,1-4H3/t26-,27-/m0/s1. The van der Waals surface area contributed by atoms with E-state index in [2.05, 4.69) is 43.7 Å². The van der Waals surface area contributed by atoms with Crippen LogP contribution in [-0.2, 0) is 16.0 Å². The number of aromatic nitrogens is 2. The molecular weight excluding hydrogens is 506 g/mol. The number of nitrogens with zero attached hydrogens (tertiary/aromatic N) is 4. The van der Waals surface area contributed by atoms with Gasteiger partial charge in [-0.1, -0.05) is 81.4 Å². The highest BCUT2D eigenvalue weighted by Gasteiger charge is 2.42. The van der Waals surface area contributed by atoms with Crippen LogP contribution in [0.15, 0.2) is 66.9 Å². The number of imidazole rings is 1. The summed E-state index contributed by atoms with van der Waals surface area (Å²) >= 11 is 0. The van der Waals surface area contributed by atoms with Crippen LogP contribution in [0.25, 0.3) is 11.3 Å². The van der Waals surface area contributed by atoms with E-state index in [0.29, 0.717) is 39.0 Å². The van der Waals surface area contributed by atoms with Gasteiger partial charge in [-0.05, 0) is 30.4 Å². The molecule has 0 bridgehead atoms. The Morgan fingerprint density at radius 3 is 2.40 bits per heavy atom. The Bertz CT molecular complexity index is 1260. The summed E-state index contributed by atoms with van der Waals surface area (Å²) in [6.07, 6.45) is 2.52. The number of ether oxygens (including phenoxy) is 2. The molecule has 1 saturated heterocycles. The number of hydrogen-bond donors (Lipinski definition) is 1. The van der Waals surface area contributed by atoms with Gasteiger partial charge >= 0.3 is 12.2 Å². The third-order valence-corrected chi connectivity index (χ3v) is 7.14. The highest BCUT2D eigenvalue weighted by atomic mass is 16.7. The number of methoxy groups -OCH3 is 1. The quantitative estimate of drug-likeness (QED) is 0.347. The fourth-order valence-electron chi connectivity index (χ4n) is 5.30. The molecule has 1 fully saturated rings. The number of hydrogen-bond acceptors (Lipinski definition) is 6. The summed E-state index contributed by atoms with van der Waals surface area (Å²) in [6.45, 7) is 8.35. The van der Waals surface area contributed by atoms with Crippen LogP contribution < -0.4 is 5.73 Å². The average molecular weight is 548 g/mol. The molecule has 40 heavy (non-hydrogen) atoms. The second-order valence-electron chi connectivity index (χ2n) is 11.2. The van der Waals surface area contributed by atoms with Crippen molar-refractivity contribution in [2.75, 3.05) is 26.7 Å². The molecule has 1 aliphatic rings. The Balaban J connectivity index is 1.79. The first-order chi connectivity index (χ1) is 19.2. The first-order valence-corrected chi connectivity index (χ1v) is 13.9. The van der Waals surface area contributed by atoms with Gasteiger partial charge in [0.15, 0.2) is 6.23 Å². The van der Waals surface area contributed by atoms with E-state index in [1.807, 2.05) is 53.4 Å². The fourth-order valence-corrected chi connectivity index (χ4v) is 5.30. The van der Waals surface area contributed by atoms with Crippen molar-refractivity contribution in [2.45, 2.75) is 58.8 Å². The fraction of sp³-hybridized carbons (Fsp3) is 0.452. The Morgan fingerprint density at radius 2 is 1.77 bits per heavy atom. The van der Waals surface area contributed by atoms with Crippen LogP contribution in [0, 0.1) is 5.41 Å². The van der Waals surface area contributed by atoms with E-state index in [-0.39, 0.29) is 17.5 Å². The van der Waals surface area contributed by atoms with Crippen LogP contribution in [0.1, 0.15) is 57.5 Å². The smallest absolute Gasteiger partial charge is 0.438 e. The molecule has 0 spiro atoms. The number of carbonyl (C=O) groups excluding carboxylic acids is 2. The molecule has 2 amide bonds. The summed E-state index contributed by atoms with van der Waals surface area (Å²) in [5.41, 5.74) is 8.56. The number of rotatable bonds is 9. The Kier molecular flexibility index (Phi) is 9.47. The maximum absolute atomic E-state index is 14.3. The Hall–Kier alpha value is -3.85. The number of amides is 2. The molecule has 0 aliphatic carbocycles. The van der Waals surface area contributed by atoms with Crippen LogP contribution in [-0.4, -0.2) is 64.5 Å². The minimum Gasteiger partial charge on any atom is -0.438 e. The molecule has 1 aromatic heterocycles. The van der Waals surface area contributed by atoms with Gasteiger partial charge in [-0.25, -0.2) is 14.6 Å². The topological polar surface area (TPSA) is 103 Å². The van der Waals surface area contributed by atoms with Gasteiger partial charge < -0.3 is 24.7 Å². The Morgan fingerprint density at radius 1 is 1.10 bits per heavy atom. The normalized spacial score (nSPS) is 16.0. The van der Waals surface area contributed by atoms with Gasteiger partial charge in [0.25, 0.3) is 0 Å². The highest BCUT2D eigenvalue weighted by molar-refractivity contribution is 5.76. The van der Waals surface area contributed by atoms with Crippen LogP contribution in [0.4, 0.5) is 9.59 Å². The van der Waals surface area contributed by atoms with E-state index in [4.69, 9.17) is 20.2 Å². The van der Waals surface area contributed by atoms with Gasteiger partial charge in [-0.3, -0.25) is 4.90 Å². The molecule has 2 N–H and O–H groups in total. The average Bonchev–Trinajstić information content (AvgIpc) is 3.58. The largest absolute Gasteiger partial charge is 0.509 e. The van der Waals surface area contributed by atoms with Crippen molar-refractivity contribution in [3.05, 3.63) is 78.2 Å². The molecule has 0 unspecified atom stereocenters. The lowest BCUT2D eigenvalue weighted by Gasteiger charge is -2.42. The number of likely N-dealkylation sites (tertiary alicyclic amines) is 1. The van der Waals surface area contributed by atoms with Gasteiger partial charge in [0, 0.05) is 37.8 Å². The molecule has 4 rings (SSSR count). The molecule has 2 aromatic carbocycles. The maximum atomic E-state index is 14.3. The van der Waals surface area contributed by atoms with Crippen molar-refractivity contribution in [3.8, 4) is 11.3 Å². The minimum absolute atomic E-state index is 0.199. The molecule has 2 heterocycles. The zero-order valence-corrected chi connectivity index (χ0v) is 24.0. The summed E-state index contributed by atoms with van der Waals surface area (Å²) in [4.78, 5) is 34.9. The monoisotopic (exact) mass is 547 g/mol. The van der Waals surface area contributed by atoms with Crippen molar-refractivity contribution in [1.29, 1.82) is 0 Å². The number of urea groups is 1. The Labute approximate surface area is 236 Å². The summed E-state index contributed by atoms with van der Waals surface area (Å²) in [5, 5.41) is 0. The number of carbonyl (C=O) groups is 2. The van der Waals surface area contributed by atoms with E-state index in [1.165, 1.54) is 7.11 Å². The predicted octanol–water partition coefficient (Wildman–Crippen LogP) is 5.66. The minimum atomic E-state index is -0.795. The number of nitrogens with two attached hydrogens (primary N) is 1. The maximum Gasteiger partial charge on any atom is 0.509 e. The highest BCUT2D eigenvalue weighted by Crippen LogP contribution is 2.40. The molecular formula is C31H41N5O4. The van der Waals surface area contributed by atoms with Gasteiger partial charge in [0.1, 0.15) is 5.82 Å². The molecule has 9 nitrogen and oxygen atoms in total. The summed E-state index contributed by atoms with van der Waals surface area (Å²) < 4.78 is 12.3. The first-order valence-electron chi connectivity index (χ1n) is 13.9. The van der Waals surface area contributed by atoms with Crippen molar-refractivity contribution in [1.82, 2.24) is 19.4 Å². The van der Waals surface area contributed by atoms with Crippen LogP contribution in [0.5, 0.6) is 0 Å². The molecule has 1 aliphatic heterocycles. The van der Waals surface area contributed by atoms with Gasteiger partial charge in [-0.15, -0.1) is 0 Å². The second kappa shape index (κ2) is 13.0. The van der Waals surface area contributed by atoms with Crippen LogP contribution >= 0.6 is 0 Å². The third-order valence-electron chi connectivity index (χ3n) is 7.14. The van der Waals surface area contributed by atoms with Crippen molar-refractivity contribution < 1.29 is 19.1 Å². The lowest BCUT2D eigenvalue weighted by molar-refractivity contribution is -0.0179. The SMILES string of the molecule is COC(=O)O[C@H]1CCCN1C(=O)N(CCCN)[C@@H](c1nc(-c2ccccc2)cn1Cc1ccccc1)C(C)(C)C. The van der Waals surface area contributed by atoms with Crippen LogP contribution in [0.3, 0.4) is 0 Å². The molecule has 0 radical (unpaired) electrons. The van der Waals surface area contributed by atoms with E-state index in [0.717, 1.165) is 29.1 Å². The van der Waals surface area contributed by atoms with E-state index < -0.39 is 12.4 Å². The number of benzene rings is 2.